The monoisotopic (exact) mass is 299 g/mol. The zero-order chi connectivity index (χ0) is 16.0. The van der Waals surface area contributed by atoms with Crippen LogP contribution in [0.5, 0.6) is 0 Å². The van der Waals surface area contributed by atoms with Crippen LogP contribution in [0.4, 0.5) is 4.79 Å². The fraction of sp³-hybridized carbons (Fsp3) is 0.867. The van der Waals surface area contributed by atoms with Crippen LogP contribution in [-0.4, -0.2) is 66.7 Å². The molecule has 0 spiro atoms. The van der Waals surface area contributed by atoms with E-state index in [4.69, 9.17) is 0 Å². The molecular formula is C15H29N3O3. The van der Waals surface area contributed by atoms with Crippen LogP contribution < -0.4 is 5.32 Å². The Kier molecular flexibility index (Phi) is 6.45. The van der Waals surface area contributed by atoms with Crippen LogP contribution in [0.15, 0.2) is 0 Å². The molecule has 1 unspecified atom stereocenters. The lowest BCUT2D eigenvalue weighted by atomic mass is 9.82. The van der Waals surface area contributed by atoms with E-state index in [0.717, 1.165) is 19.4 Å². The highest BCUT2D eigenvalue weighted by Crippen LogP contribution is 2.25. The number of likely N-dealkylation sites (tertiary alicyclic amines) is 1. The second kappa shape index (κ2) is 7.64. The lowest BCUT2D eigenvalue weighted by Crippen LogP contribution is -2.53. The number of aliphatic carboxylic acids is 1. The number of hydrogen-bond acceptors (Lipinski definition) is 3. The topological polar surface area (TPSA) is 72.9 Å². The number of likely N-dealkylation sites (N-methyl/N-ethyl adjacent to an activating group) is 1. The lowest BCUT2D eigenvalue weighted by molar-refractivity contribution is -0.149. The van der Waals surface area contributed by atoms with Crippen LogP contribution >= 0.6 is 0 Å². The first-order valence-electron chi connectivity index (χ1n) is 7.79. The molecule has 0 aromatic heterocycles. The SMILES string of the molecule is CCC(CC)(CNC(=O)N1CCCC(N(C)C)C1)C(=O)O. The van der Waals surface area contributed by atoms with E-state index in [-0.39, 0.29) is 12.6 Å². The number of carboxylic acid groups (broad SMARTS) is 1. The van der Waals surface area contributed by atoms with Crippen molar-refractivity contribution < 1.29 is 14.7 Å². The number of amides is 2. The molecule has 1 saturated heterocycles. The molecule has 0 aliphatic carbocycles. The number of hydrogen-bond donors (Lipinski definition) is 2. The molecule has 0 aromatic rings. The van der Waals surface area contributed by atoms with Crippen molar-refractivity contribution >= 4 is 12.0 Å². The molecule has 2 N–H and O–H groups in total. The zero-order valence-electron chi connectivity index (χ0n) is 13.7. The lowest BCUT2D eigenvalue weighted by Gasteiger charge is -2.37. The predicted octanol–water partition coefficient (Wildman–Crippen LogP) is 1.61. The van der Waals surface area contributed by atoms with Crippen molar-refractivity contribution in [2.45, 2.75) is 45.6 Å². The van der Waals surface area contributed by atoms with Crippen molar-refractivity contribution in [1.29, 1.82) is 0 Å². The maximum Gasteiger partial charge on any atom is 0.317 e. The Morgan fingerprint density at radius 2 is 1.95 bits per heavy atom. The fourth-order valence-corrected chi connectivity index (χ4v) is 2.80. The summed E-state index contributed by atoms with van der Waals surface area (Å²) < 4.78 is 0. The summed E-state index contributed by atoms with van der Waals surface area (Å²) in [6, 6.07) is 0.236. The molecule has 1 aliphatic heterocycles. The van der Waals surface area contributed by atoms with Gasteiger partial charge >= 0.3 is 12.0 Å². The number of nitrogens with one attached hydrogen (secondary N) is 1. The molecular weight excluding hydrogens is 270 g/mol. The summed E-state index contributed by atoms with van der Waals surface area (Å²) in [4.78, 5) is 27.6. The number of piperidine rings is 1. The van der Waals surface area contributed by atoms with E-state index in [1.54, 1.807) is 4.90 Å². The molecule has 0 aromatic carbocycles. The smallest absolute Gasteiger partial charge is 0.317 e. The highest BCUT2D eigenvalue weighted by molar-refractivity contribution is 5.78. The normalized spacial score (nSPS) is 19.7. The average molecular weight is 299 g/mol. The summed E-state index contributed by atoms with van der Waals surface area (Å²) >= 11 is 0. The van der Waals surface area contributed by atoms with Crippen LogP contribution in [-0.2, 0) is 4.79 Å². The number of carboxylic acids is 1. The molecule has 6 nitrogen and oxygen atoms in total. The molecule has 6 heteroatoms. The Hall–Kier alpha value is -1.30. The van der Waals surface area contributed by atoms with E-state index in [0.29, 0.717) is 25.4 Å². The van der Waals surface area contributed by atoms with Gasteiger partial charge in [-0.15, -0.1) is 0 Å². The number of rotatable bonds is 6. The maximum absolute atomic E-state index is 12.3. The summed E-state index contributed by atoms with van der Waals surface area (Å²) in [5.41, 5.74) is -0.855. The van der Waals surface area contributed by atoms with Crippen molar-refractivity contribution in [3.63, 3.8) is 0 Å². The number of carbonyl (C=O) groups is 2. The van der Waals surface area contributed by atoms with Gasteiger partial charge in [-0.1, -0.05) is 13.8 Å². The van der Waals surface area contributed by atoms with E-state index < -0.39 is 11.4 Å². The van der Waals surface area contributed by atoms with Gasteiger partial charge in [-0.25, -0.2) is 4.79 Å². The van der Waals surface area contributed by atoms with Crippen molar-refractivity contribution in [3.8, 4) is 0 Å². The molecule has 1 rings (SSSR count). The minimum Gasteiger partial charge on any atom is -0.481 e. The molecule has 1 heterocycles. The van der Waals surface area contributed by atoms with E-state index in [1.165, 1.54) is 0 Å². The van der Waals surface area contributed by atoms with Crippen LogP contribution in [0.2, 0.25) is 0 Å². The third-order valence-corrected chi connectivity index (χ3v) is 4.80. The third kappa shape index (κ3) is 4.33. The molecule has 0 bridgehead atoms. The van der Waals surface area contributed by atoms with Gasteiger partial charge in [0, 0.05) is 25.7 Å². The van der Waals surface area contributed by atoms with E-state index in [1.807, 2.05) is 27.9 Å². The number of urea groups is 1. The Balaban J connectivity index is 2.58. The highest BCUT2D eigenvalue weighted by atomic mass is 16.4. The van der Waals surface area contributed by atoms with Crippen LogP contribution in [0.3, 0.4) is 0 Å². The van der Waals surface area contributed by atoms with E-state index >= 15 is 0 Å². The molecule has 1 fully saturated rings. The van der Waals surface area contributed by atoms with Gasteiger partial charge in [0.15, 0.2) is 0 Å². The Morgan fingerprint density at radius 1 is 1.33 bits per heavy atom. The first kappa shape index (κ1) is 17.8. The number of nitrogens with zero attached hydrogens (tertiary/aromatic N) is 2. The maximum atomic E-state index is 12.3. The van der Waals surface area contributed by atoms with Gasteiger partial charge in [-0.2, -0.15) is 0 Å². The Labute approximate surface area is 127 Å². The Morgan fingerprint density at radius 3 is 2.43 bits per heavy atom. The molecule has 2 amide bonds. The first-order chi connectivity index (χ1) is 9.86. The zero-order valence-corrected chi connectivity index (χ0v) is 13.7. The molecule has 1 atom stereocenters. The summed E-state index contributed by atoms with van der Waals surface area (Å²) in [7, 11) is 4.05. The molecule has 122 valence electrons. The predicted molar refractivity (Wildman–Crippen MR) is 82.3 cm³/mol. The van der Waals surface area contributed by atoms with Gasteiger partial charge in [0.1, 0.15) is 0 Å². The minimum absolute atomic E-state index is 0.144. The molecule has 21 heavy (non-hydrogen) atoms. The van der Waals surface area contributed by atoms with Gasteiger partial charge < -0.3 is 20.2 Å². The van der Waals surface area contributed by atoms with Crippen LogP contribution in [0, 0.1) is 5.41 Å². The Bertz CT molecular complexity index is 367. The largest absolute Gasteiger partial charge is 0.481 e. The average Bonchev–Trinajstić information content (AvgIpc) is 2.48. The van der Waals surface area contributed by atoms with Gasteiger partial charge in [0.25, 0.3) is 0 Å². The third-order valence-electron chi connectivity index (χ3n) is 4.80. The first-order valence-corrected chi connectivity index (χ1v) is 7.79. The van der Waals surface area contributed by atoms with E-state index in [9.17, 15) is 14.7 Å². The van der Waals surface area contributed by atoms with Gasteiger partial charge in [-0.3, -0.25) is 4.79 Å². The van der Waals surface area contributed by atoms with Crippen molar-refractivity contribution in [2.75, 3.05) is 33.7 Å². The second-order valence-electron chi connectivity index (χ2n) is 6.16. The number of carbonyl (C=O) groups excluding carboxylic acids is 1. The van der Waals surface area contributed by atoms with Crippen LogP contribution in [0.25, 0.3) is 0 Å². The van der Waals surface area contributed by atoms with Gasteiger partial charge in [-0.05, 0) is 39.8 Å². The minimum atomic E-state index is -0.855. The second-order valence-corrected chi connectivity index (χ2v) is 6.16. The fourth-order valence-electron chi connectivity index (χ4n) is 2.80. The van der Waals surface area contributed by atoms with Crippen molar-refractivity contribution in [1.82, 2.24) is 15.1 Å². The highest BCUT2D eigenvalue weighted by Gasteiger charge is 2.36. The standard InChI is InChI=1S/C15H29N3O3/c1-5-15(6-2,13(19)20)11-16-14(21)18-9-7-8-12(10-18)17(3)4/h12H,5-11H2,1-4H3,(H,16,21)(H,19,20). The summed E-state index contributed by atoms with van der Waals surface area (Å²) in [5.74, 6) is -0.836. The molecule has 0 radical (unpaired) electrons. The summed E-state index contributed by atoms with van der Waals surface area (Å²) in [6.45, 7) is 5.35. The van der Waals surface area contributed by atoms with Crippen molar-refractivity contribution in [3.05, 3.63) is 0 Å². The van der Waals surface area contributed by atoms with Crippen molar-refractivity contribution in [2.24, 2.45) is 5.41 Å². The summed E-state index contributed by atoms with van der Waals surface area (Å²) in [5, 5.41) is 12.2. The van der Waals surface area contributed by atoms with Gasteiger partial charge in [0.05, 0.1) is 5.41 Å². The quantitative estimate of drug-likeness (QED) is 0.781. The molecule has 1 aliphatic rings. The summed E-state index contributed by atoms with van der Waals surface area (Å²) in [6.07, 6.45) is 3.11. The van der Waals surface area contributed by atoms with E-state index in [2.05, 4.69) is 10.2 Å². The van der Waals surface area contributed by atoms with Gasteiger partial charge in [0.2, 0.25) is 0 Å². The molecule has 0 saturated carbocycles. The van der Waals surface area contributed by atoms with Crippen LogP contribution in [0.1, 0.15) is 39.5 Å².